The topological polar surface area (TPSA) is 94.0 Å². The summed E-state index contributed by atoms with van der Waals surface area (Å²) in [6.45, 7) is 0.471. The van der Waals surface area contributed by atoms with Crippen LogP contribution in [0.1, 0.15) is 29.4 Å². The minimum Gasteiger partial charge on any atom is -0.408 e. The van der Waals surface area contributed by atoms with Gasteiger partial charge in [-0.1, -0.05) is 29.4 Å². The molecule has 0 fully saturated rings. The summed E-state index contributed by atoms with van der Waals surface area (Å²) in [5, 5.41) is 10.2. The lowest BCUT2D eigenvalue weighted by Crippen LogP contribution is -2.30. The van der Waals surface area contributed by atoms with Gasteiger partial charge in [-0.05, 0) is 24.0 Å². The molecule has 0 aliphatic heterocycles. The Hall–Kier alpha value is -2.37. The fraction of sp³-hybridized carbons (Fsp3) is 0.357. The number of hydrogen-bond donors (Lipinski definition) is 2. The summed E-state index contributed by atoms with van der Waals surface area (Å²) in [6.07, 6.45) is 2.33. The van der Waals surface area contributed by atoms with Crippen molar-refractivity contribution in [3.63, 3.8) is 0 Å². The number of aromatic nitrogens is 2. The molecular weight excluding hydrogens is 256 g/mol. The average molecular weight is 272 g/mol. The number of benzene rings is 1. The predicted octanol–water partition coefficient (Wildman–Crippen LogP) is 1.04. The standard InChI is InChI=1S/C14H16N4O2/c15-14-18-17-12(20-14)7-8-16-13(19)11-6-5-9-3-1-2-4-10(9)11/h1-4,11H,5-8H2,(H2,15,18)(H,16,19)/t11-/m0/s1. The summed E-state index contributed by atoms with van der Waals surface area (Å²) in [5.74, 6) is 0.455. The van der Waals surface area contributed by atoms with Gasteiger partial charge in [0.1, 0.15) is 0 Å². The molecule has 6 nitrogen and oxygen atoms in total. The number of hydrogen-bond acceptors (Lipinski definition) is 5. The van der Waals surface area contributed by atoms with Gasteiger partial charge in [0.05, 0.1) is 5.92 Å². The maximum Gasteiger partial charge on any atom is 0.312 e. The zero-order valence-corrected chi connectivity index (χ0v) is 11.0. The lowest BCUT2D eigenvalue weighted by Gasteiger charge is -2.11. The van der Waals surface area contributed by atoms with Crippen LogP contribution in [-0.2, 0) is 17.6 Å². The second kappa shape index (κ2) is 5.32. The Bertz CT molecular complexity index is 623. The molecule has 0 saturated heterocycles. The molecule has 0 spiro atoms. The molecule has 1 aliphatic carbocycles. The van der Waals surface area contributed by atoms with E-state index in [1.54, 1.807) is 0 Å². The Morgan fingerprint density at radius 2 is 2.25 bits per heavy atom. The molecule has 0 radical (unpaired) electrons. The highest BCUT2D eigenvalue weighted by Gasteiger charge is 2.27. The normalized spacial score (nSPS) is 16.9. The monoisotopic (exact) mass is 272 g/mol. The Morgan fingerprint density at radius 3 is 3.05 bits per heavy atom. The number of carbonyl (C=O) groups excluding carboxylic acids is 1. The third kappa shape index (κ3) is 2.49. The van der Waals surface area contributed by atoms with E-state index in [2.05, 4.69) is 21.6 Å². The largest absolute Gasteiger partial charge is 0.408 e. The zero-order valence-electron chi connectivity index (χ0n) is 11.0. The fourth-order valence-corrected chi connectivity index (χ4v) is 2.61. The molecule has 0 unspecified atom stereocenters. The summed E-state index contributed by atoms with van der Waals surface area (Å²) in [5.41, 5.74) is 7.76. The lowest BCUT2D eigenvalue weighted by atomic mass is 10.0. The number of nitrogen functional groups attached to an aromatic ring is 1. The third-order valence-electron chi connectivity index (χ3n) is 3.57. The van der Waals surface area contributed by atoms with Crippen LogP contribution in [0.5, 0.6) is 0 Å². The number of rotatable bonds is 4. The molecule has 1 heterocycles. The number of amides is 1. The van der Waals surface area contributed by atoms with Gasteiger partial charge >= 0.3 is 6.01 Å². The number of aryl methyl sites for hydroxylation is 1. The van der Waals surface area contributed by atoms with Gasteiger partial charge in [-0.15, -0.1) is 5.10 Å². The minimum atomic E-state index is -0.0426. The molecule has 6 heteroatoms. The van der Waals surface area contributed by atoms with Crippen LogP contribution in [0.2, 0.25) is 0 Å². The summed E-state index contributed by atoms with van der Waals surface area (Å²) in [4.78, 5) is 12.2. The lowest BCUT2D eigenvalue weighted by molar-refractivity contribution is -0.122. The van der Waals surface area contributed by atoms with Crippen molar-refractivity contribution in [3.8, 4) is 0 Å². The Labute approximate surface area is 116 Å². The molecule has 0 bridgehead atoms. The zero-order chi connectivity index (χ0) is 13.9. The van der Waals surface area contributed by atoms with Crippen LogP contribution in [-0.4, -0.2) is 22.6 Å². The first-order valence-electron chi connectivity index (χ1n) is 6.67. The van der Waals surface area contributed by atoms with Crippen LogP contribution < -0.4 is 11.1 Å². The van der Waals surface area contributed by atoms with Crippen LogP contribution in [0.15, 0.2) is 28.7 Å². The van der Waals surface area contributed by atoms with Crippen molar-refractivity contribution < 1.29 is 9.21 Å². The number of fused-ring (bicyclic) bond motifs is 1. The van der Waals surface area contributed by atoms with Crippen molar-refractivity contribution in [3.05, 3.63) is 41.3 Å². The molecule has 1 aliphatic rings. The van der Waals surface area contributed by atoms with Crippen molar-refractivity contribution >= 4 is 11.9 Å². The predicted molar refractivity (Wildman–Crippen MR) is 72.9 cm³/mol. The highest BCUT2D eigenvalue weighted by atomic mass is 16.4. The summed E-state index contributed by atoms with van der Waals surface area (Å²) in [7, 11) is 0. The quantitative estimate of drug-likeness (QED) is 0.867. The van der Waals surface area contributed by atoms with E-state index in [1.165, 1.54) is 5.56 Å². The van der Waals surface area contributed by atoms with E-state index in [-0.39, 0.29) is 17.8 Å². The smallest absolute Gasteiger partial charge is 0.312 e. The maximum absolute atomic E-state index is 12.2. The second-order valence-corrected chi connectivity index (χ2v) is 4.87. The number of nitrogens with zero attached hydrogens (tertiary/aromatic N) is 2. The molecule has 1 atom stereocenters. The Kier molecular flexibility index (Phi) is 3.37. The summed E-state index contributed by atoms with van der Waals surface area (Å²) < 4.78 is 5.05. The van der Waals surface area contributed by atoms with Gasteiger partial charge in [0.15, 0.2) is 0 Å². The van der Waals surface area contributed by atoms with Crippen molar-refractivity contribution in [2.45, 2.75) is 25.2 Å². The Morgan fingerprint density at radius 1 is 1.40 bits per heavy atom. The van der Waals surface area contributed by atoms with Crippen molar-refractivity contribution in [1.82, 2.24) is 15.5 Å². The third-order valence-corrected chi connectivity index (χ3v) is 3.57. The Balaban J connectivity index is 1.55. The van der Waals surface area contributed by atoms with E-state index in [1.807, 2.05) is 18.2 Å². The first kappa shape index (κ1) is 12.7. The van der Waals surface area contributed by atoms with Crippen LogP contribution in [0.25, 0.3) is 0 Å². The highest BCUT2D eigenvalue weighted by Crippen LogP contribution is 2.32. The van der Waals surface area contributed by atoms with E-state index in [9.17, 15) is 4.79 Å². The van der Waals surface area contributed by atoms with Gasteiger partial charge < -0.3 is 15.5 Å². The number of anilines is 1. The number of carbonyl (C=O) groups is 1. The van der Waals surface area contributed by atoms with E-state index in [4.69, 9.17) is 10.2 Å². The highest BCUT2D eigenvalue weighted by molar-refractivity contribution is 5.84. The van der Waals surface area contributed by atoms with E-state index >= 15 is 0 Å². The molecule has 1 amide bonds. The minimum absolute atomic E-state index is 0.0426. The molecule has 2 aromatic rings. The van der Waals surface area contributed by atoms with Crippen LogP contribution in [0.3, 0.4) is 0 Å². The molecule has 1 aromatic heterocycles. The van der Waals surface area contributed by atoms with Crippen molar-refractivity contribution in [2.75, 3.05) is 12.3 Å². The van der Waals surface area contributed by atoms with E-state index in [0.717, 1.165) is 18.4 Å². The van der Waals surface area contributed by atoms with Gasteiger partial charge in [-0.25, -0.2) is 0 Å². The summed E-state index contributed by atoms with van der Waals surface area (Å²) in [6, 6.07) is 8.16. The molecule has 1 aromatic carbocycles. The molecule has 0 saturated carbocycles. The fourth-order valence-electron chi connectivity index (χ4n) is 2.61. The molecular formula is C14H16N4O2. The van der Waals surface area contributed by atoms with Crippen LogP contribution in [0, 0.1) is 0 Å². The average Bonchev–Trinajstić information content (AvgIpc) is 3.05. The first-order valence-corrected chi connectivity index (χ1v) is 6.67. The van der Waals surface area contributed by atoms with Gasteiger partial charge in [0.25, 0.3) is 0 Å². The van der Waals surface area contributed by atoms with Gasteiger partial charge in [-0.2, -0.15) is 0 Å². The molecule has 104 valence electrons. The van der Waals surface area contributed by atoms with Crippen molar-refractivity contribution in [2.24, 2.45) is 0 Å². The molecule has 3 rings (SSSR count). The number of nitrogens with two attached hydrogens (primary N) is 1. The van der Waals surface area contributed by atoms with Crippen molar-refractivity contribution in [1.29, 1.82) is 0 Å². The molecule has 20 heavy (non-hydrogen) atoms. The second-order valence-electron chi connectivity index (χ2n) is 4.87. The van der Waals surface area contributed by atoms with Gasteiger partial charge in [0, 0.05) is 13.0 Å². The summed E-state index contributed by atoms with van der Waals surface area (Å²) >= 11 is 0. The van der Waals surface area contributed by atoms with Crippen LogP contribution in [0.4, 0.5) is 6.01 Å². The van der Waals surface area contributed by atoms with Gasteiger partial charge in [-0.3, -0.25) is 4.79 Å². The maximum atomic E-state index is 12.2. The van der Waals surface area contributed by atoms with Crippen LogP contribution >= 0.6 is 0 Å². The van der Waals surface area contributed by atoms with E-state index < -0.39 is 0 Å². The molecule has 3 N–H and O–H groups in total. The SMILES string of the molecule is Nc1nnc(CCNC(=O)[C@H]2CCc3ccccc32)o1. The first-order chi connectivity index (χ1) is 9.74. The van der Waals surface area contributed by atoms with Gasteiger partial charge in [0.2, 0.25) is 11.8 Å². The van der Waals surface area contributed by atoms with E-state index in [0.29, 0.717) is 18.9 Å². The number of nitrogens with one attached hydrogen (secondary N) is 1.